The normalized spacial score (nSPS) is 10.7. The van der Waals surface area contributed by atoms with Crippen molar-refractivity contribution in [3.63, 3.8) is 0 Å². The van der Waals surface area contributed by atoms with Crippen molar-refractivity contribution < 1.29 is 4.74 Å². The van der Waals surface area contributed by atoms with E-state index in [4.69, 9.17) is 4.74 Å². The largest absolute Gasteiger partial charge is 0.495 e. The summed E-state index contributed by atoms with van der Waals surface area (Å²) in [7, 11) is 1.66. The molecule has 0 atom stereocenters. The van der Waals surface area contributed by atoms with Gasteiger partial charge in [-0.25, -0.2) is 4.98 Å². The molecule has 0 bridgehead atoms. The molecule has 2 rings (SSSR count). The molecule has 0 unspecified atom stereocenters. The van der Waals surface area contributed by atoms with Gasteiger partial charge in [0.2, 0.25) is 5.95 Å². The van der Waals surface area contributed by atoms with Crippen molar-refractivity contribution in [2.24, 2.45) is 5.92 Å². The summed E-state index contributed by atoms with van der Waals surface area (Å²) in [5, 5.41) is 6.62. The van der Waals surface area contributed by atoms with Gasteiger partial charge in [-0.15, -0.1) is 0 Å². The molecule has 2 N–H and O–H groups in total. The Morgan fingerprint density at radius 3 is 2.61 bits per heavy atom. The maximum atomic E-state index is 5.39. The van der Waals surface area contributed by atoms with Crippen LogP contribution in [0.15, 0.2) is 24.3 Å². The van der Waals surface area contributed by atoms with Crippen LogP contribution in [-0.2, 0) is 0 Å². The maximum absolute atomic E-state index is 5.39. The molecule has 0 spiro atoms. The van der Waals surface area contributed by atoms with E-state index in [0.29, 0.717) is 11.9 Å². The number of nitrogens with zero attached hydrogens (tertiary/aromatic N) is 2. The molecule has 0 fully saturated rings. The monoisotopic (exact) mass is 314 g/mol. The average molecular weight is 314 g/mol. The van der Waals surface area contributed by atoms with E-state index < -0.39 is 0 Å². The second-order valence-electron chi connectivity index (χ2n) is 6.16. The van der Waals surface area contributed by atoms with Gasteiger partial charge in [0.05, 0.1) is 12.8 Å². The highest BCUT2D eigenvalue weighted by Crippen LogP contribution is 2.27. The van der Waals surface area contributed by atoms with Crippen LogP contribution in [0.5, 0.6) is 5.75 Å². The first kappa shape index (κ1) is 17.1. The molecule has 5 heteroatoms. The smallest absolute Gasteiger partial charge is 0.229 e. The first-order chi connectivity index (χ1) is 11.0. The number of ether oxygens (including phenoxy) is 1. The summed E-state index contributed by atoms with van der Waals surface area (Å²) in [5.74, 6) is 2.85. The summed E-state index contributed by atoms with van der Waals surface area (Å²) in [6, 6.07) is 7.94. The van der Waals surface area contributed by atoms with Gasteiger partial charge < -0.3 is 15.4 Å². The number of hydrogen-bond acceptors (Lipinski definition) is 5. The Morgan fingerprint density at radius 2 is 1.91 bits per heavy atom. The van der Waals surface area contributed by atoms with Crippen molar-refractivity contribution in [1.29, 1.82) is 0 Å². The number of benzene rings is 1. The second kappa shape index (κ2) is 7.81. The Kier molecular flexibility index (Phi) is 5.79. The third-order valence-electron chi connectivity index (χ3n) is 3.48. The van der Waals surface area contributed by atoms with Crippen molar-refractivity contribution in [2.75, 3.05) is 24.3 Å². The SMILES string of the molecule is COc1ccc(C)cc1Nc1nc(C)cc(NCCC(C)C)n1. The van der Waals surface area contributed by atoms with Crippen LogP contribution in [-0.4, -0.2) is 23.6 Å². The predicted molar refractivity (Wildman–Crippen MR) is 95.7 cm³/mol. The molecule has 1 aromatic carbocycles. The van der Waals surface area contributed by atoms with Crippen LogP contribution in [0.3, 0.4) is 0 Å². The highest BCUT2D eigenvalue weighted by atomic mass is 16.5. The van der Waals surface area contributed by atoms with Crippen LogP contribution in [0.2, 0.25) is 0 Å². The van der Waals surface area contributed by atoms with Crippen LogP contribution in [0, 0.1) is 19.8 Å². The van der Waals surface area contributed by atoms with E-state index in [1.165, 1.54) is 0 Å². The minimum Gasteiger partial charge on any atom is -0.495 e. The van der Waals surface area contributed by atoms with Gasteiger partial charge in [-0.2, -0.15) is 4.98 Å². The van der Waals surface area contributed by atoms with E-state index in [2.05, 4.69) is 34.4 Å². The van der Waals surface area contributed by atoms with E-state index in [0.717, 1.165) is 41.5 Å². The maximum Gasteiger partial charge on any atom is 0.229 e. The van der Waals surface area contributed by atoms with Crippen LogP contribution < -0.4 is 15.4 Å². The van der Waals surface area contributed by atoms with Crippen LogP contribution in [0.1, 0.15) is 31.5 Å². The molecule has 5 nitrogen and oxygen atoms in total. The van der Waals surface area contributed by atoms with Crippen molar-refractivity contribution in [1.82, 2.24) is 9.97 Å². The summed E-state index contributed by atoms with van der Waals surface area (Å²) < 4.78 is 5.39. The lowest BCUT2D eigenvalue weighted by Crippen LogP contribution is -2.08. The van der Waals surface area contributed by atoms with Gasteiger partial charge in [0, 0.05) is 18.3 Å². The van der Waals surface area contributed by atoms with Crippen molar-refractivity contribution in [3.05, 3.63) is 35.5 Å². The van der Waals surface area contributed by atoms with Gasteiger partial charge in [-0.05, 0) is 43.9 Å². The van der Waals surface area contributed by atoms with Crippen LogP contribution in [0.25, 0.3) is 0 Å². The molecule has 0 aliphatic rings. The molecular weight excluding hydrogens is 288 g/mol. The zero-order valence-electron chi connectivity index (χ0n) is 14.6. The highest BCUT2D eigenvalue weighted by molar-refractivity contribution is 5.64. The molecule has 0 saturated carbocycles. The van der Waals surface area contributed by atoms with E-state index in [9.17, 15) is 0 Å². The standard InChI is InChI=1S/C18H26N4O/c1-12(2)8-9-19-17-11-14(4)20-18(22-17)21-15-10-13(3)6-7-16(15)23-5/h6-7,10-12H,8-9H2,1-5H3,(H2,19,20,21,22). The van der Waals surface area contributed by atoms with Crippen molar-refractivity contribution in [3.8, 4) is 5.75 Å². The molecule has 2 aromatic rings. The zero-order valence-corrected chi connectivity index (χ0v) is 14.6. The fourth-order valence-corrected chi connectivity index (χ4v) is 2.24. The highest BCUT2D eigenvalue weighted by Gasteiger charge is 2.07. The molecule has 1 aromatic heterocycles. The number of nitrogens with one attached hydrogen (secondary N) is 2. The molecule has 0 saturated heterocycles. The fourth-order valence-electron chi connectivity index (χ4n) is 2.24. The second-order valence-corrected chi connectivity index (χ2v) is 6.16. The average Bonchev–Trinajstić information content (AvgIpc) is 2.46. The lowest BCUT2D eigenvalue weighted by molar-refractivity contribution is 0.416. The van der Waals surface area contributed by atoms with Crippen LogP contribution >= 0.6 is 0 Å². The Labute approximate surface area is 138 Å². The number of rotatable bonds is 7. The predicted octanol–water partition coefficient (Wildman–Crippen LogP) is 4.30. The van der Waals surface area contributed by atoms with Gasteiger partial charge in [0.1, 0.15) is 11.6 Å². The third kappa shape index (κ3) is 5.13. The summed E-state index contributed by atoms with van der Waals surface area (Å²) in [4.78, 5) is 9.00. The van der Waals surface area contributed by atoms with Gasteiger partial charge in [-0.1, -0.05) is 19.9 Å². The quantitative estimate of drug-likeness (QED) is 0.798. The first-order valence-corrected chi connectivity index (χ1v) is 7.99. The van der Waals surface area contributed by atoms with Crippen molar-refractivity contribution >= 4 is 17.5 Å². The van der Waals surface area contributed by atoms with Gasteiger partial charge in [0.25, 0.3) is 0 Å². The zero-order chi connectivity index (χ0) is 16.8. The Morgan fingerprint density at radius 1 is 1.13 bits per heavy atom. The van der Waals surface area contributed by atoms with E-state index >= 15 is 0 Å². The summed E-state index contributed by atoms with van der Waals surface area (Å²) in [6.07, 6.45) is 1.11. The van der Waals surface area contributed by atoms with Crippen LogP contribution in [0.4, 0.5) is 17.5 Å². The number of aryl methyl sites for hydroxylation is 2. The number of methoxy groups -OCH3 is 1. The lowest BCUT2D eigenvalue weighted by Gasteiger charge is -2.13. The molecule has 1 heterocycles. The lowest BCUT2D eigenvalue weighted by atomic mass is 10.1. The minimum atomic E-state index is 0.570. The minimum absolute atomic E-state index is 0.570. The Bertz CT molecular complexity index is 655. The Hall–Kier alpha value is -2.30. The number of aromatic nitrogens is 2. The molecular formula is C18H26N4O. The van der Waals surface area contributed by atoms with Crippen molar-refractivity contribution in [2.45, 2.75) is 34.1 Å². The molecule has 0 radical (unpaired) electrons. The number of hydrogen-bond donors (Lipinski definition) is 2. The summed E-state index contributed by atoms with van der Waals surface area (Å²) in [5.41, 5.74) is 2.93. The Balaban J connectivity index is 2.17. The third-order valence-corrected chi connectivity index (χ3v) is 3.48. The van der Waals surface area contributed by atoms with E-state index in [1.807, 2.05) is 38.1 Å². The van der Waals surface area contributed by atoms with Gasteiger partial charge >= 0.3 is 0 Å². The first-order valence-electron chi connectivity index (χ1n) is 7.99. The summed E-state index contributed by atoms with van der Waals surface area (Å²) >= 11 is 0. The fraction of sp³-hybridized carbons (Fsp3) is 0.444. The molecule has 124 valence electrons. The molecule has 0 amide bonds. The molecule has 23 heavy (non-hydrogen) atoms. The van der Waals surface area contributed by atoms with E-state index in [-0.39, 0.29) is 0 Å². The number of anilines is 3. The van der Waals surface area contributed by atoms with E-state index in [1.54, 1.807) is 7.11 Å². The molecule has 0 aliphatic heterocycles. The summed E-state index contributed by atoms with van der Waals surface area (Å²) in [6.45, 7) is 9.34. The van der Waals surface area contributed by atoms with Gasteiger partial charge in [-0.3, -0.25) is 0 Å². The molecule has 0 aliphatic carbocycles. The topological polar surface area (TPSA) is 59.1 Å². The van der Waals surface area contributed by atoms with Gasteiger partial charge in [0.15, 0.2) is 0 Å².